The number of nitrogens with one attached hydrogen (secondary N) is 1. The second kappa shape index (κ2) is 6.89. The summed E-state index contributed by atoms with van der Waals surface area (Å²) in [7, 11) is 0. The molecule has 1 aliphatic heterocycles. The minimum Gasteiger partial charge on any atom is -0.369 e. The van der Waals surface area contributed by atoms with Gasteiger partial charge < -0.3 is 11.1 Å². The van der Waals surface area contributed by atoms with Gasteiger partial charge in [0, 0.05) is 18.1 Å². The lowest BCUT2D eigenvalue weighted by atomic mass is 10.0. The molecule has 1 fully saturated rings. The van der Waals surface area contributed by atoms with Gasteiger partial charge in [0.05, 0.1) is 6.54 Å². The molecule has 4 nitrogen and oxygen atoms in total. The maximum absolute atomic E-state index is 11.0. The average molecular weight is 246 g/mol. The smallest absolute Gasteiger partial charge is 0.231 e. The van der Waals surface area contributed by atoms with Crippen LogP contribution >= 0.6 is 11.6 Å². The maximum Gasteiger partial charge on any atom is 0.231 e. The molecule has 1 heterocycles. The molecule has 3 N–H and O–H groups in total. The lowest BCUT2D eigenvalue weighted by Gasteiger charge is -2.33. The van der Waals surface area contributed by atoms with Gasteiger partial charge in [-0.25, -0.2) is 0 Å². The molecule has 16 heavy (non-hydrogen) atoms. The molecule has 0 bridgehead atoms. The molecule has 1 rings (SSSR count). The van der Waals surface area contributed by atoms with Crippen LogP contribution in [0.15, 0.2) is 11.1 Å². The van der Waals surface area contributed by atoms with Crippen LogP contribution in [0.1, 0.15) is 19.8 Å². The molecule has 0 saturated carbocycles. The Balaban J connectivity index is 2.57. The predicted octanol–water partition coefficient (Wildman–Crippen LogP) is 0.668. The first kappa shape index (κ1) is 13.5. The highest BCUT2D eigenvalue weighted by Crippen LogP contribution is 2.13. The van der Waals surface area contributed by atoms with Gasteiger partial charge in [0.25, 0.3) is 0 Å². The van der Waals surface area contributed by atoms with Crippen molar-refractivity contribution in [2.75, 3.05) is 26.2 Å². The number of carbonyl (C=O) groups is 1. The number of rotatable bonds is 5. The molecule has 0 aromatic rings. The van der Waals surface area contributed by atoms with Gasteiger partial charge in [0.15, 0.2) is 0 Å². The Hall–Kier alpha value is -0.580. The minimum atomic E-state index is -0.277. The van der Waals surface area contributed by atoms with Crippen LogP contribution in [-0.4, -0.2) is 43.0 Å². The van der Waals surface area contributed by atoms with E-state index in [9.17, 15) is 4.79 Å². The van der Waals surface area contributed by atoms with E-state index in [1.165, 1.54) is 0 Å². The van der Waals surface area contributed by atoms with Gasteiger partial charge >= 0.3 is 0 Å². The van der Waals surface area contributed by atoms with E-state index in [1.807, 2.05) is 6.92 Å². The number of piperidine rings is 1. The van der Waals surface area contributed by atoms with E-state index in [2.05, 4.69) is 10.2 Å². The van der Waals surface area contributed by atoms with Crippen LogP contribution in [0.2, 0.25) is 0 Å². The fraction of sp³-hybridized carbons (Fsp3) is 0.727. The quantitative estimate of drug-likeness (QED) is 0.749. The SMILES string of the molecule is CC(=CCl)CN(CC(N)=O)C1CCNCC1. The maximum atomic E-state index is 11.0. The van der Waals surface area contributed by atoms with E-state index in [4.69, 9.17) is 17.3 Å². The van der Waals surface area contributed by atoms with Crippen molar-refractivity contribution in [2.45, 2.75) is 25.8 Å². The minimum absolute atomic E-state index is 0.277. The lowest BCUT2D eigenvalue weighted by molar-refractivity contribution is -0.119. The van der Waals surface area contributed by atoms with Crippen molar-refractivity contribution in [2.24, 2.45) is 5.73 Å². The van der Waals surface area contributed by atoms with Crippen molar-refractivity contribution in [3.8, 4) is 0 Å². The molecule has 0 unspecified atom stereocenters. The number of amides is 1. The van der Waals surface area contributed by atoms with Crippen LogP contribution in [-0.2, 0) is 4.79 Å². The molecule has 1 aliphatic rings. The van der Waals surface area contributed by atoms with Crippen molar-refractivity contribution in [1.82, 2.24) is 10.2 Å². The van der Waals surface area contributed by atoms with Crippen molar-refractivity contribution >= 4 is 17.5 Å². The molecule has 0 aromatic carbocycles. The van der Waals surface area contributed by atoms with E-state index in [0.29, 0.717) is 12.6 Å². The summed E-state index contributed by atoms with van der Waals surface area (Å²) < 4.78 is 0. The van der Waals surface area contributed by atoms with E-state index in [-0.39, 0.29) is 5.91 Å². The summed E-state index contributed by atoms with van der Waals surface area (Å²) in [6.45, 7) is 5.00. The van der Waals surface area contributed by atoms with Gasteiger partial charge in [-0.15, -0.1) is 0 Å². The summed E-state index contributed by atoms with van der Waals surface area (Å²) in [4.78, 5) is 13.2. The Morgan fingerprint density at radius 1 is 1.50 bits per heavy atom. The van der Waals surface area contributed by atoms with Gasteiger partial charge in [-0.3, -0.25) is 9.69 Å². The Morgan fingerprint density at radius 2 is 2.12 bits per heavy atom. The fourth-order valence-corrected chi connectivity index (χ4v) is 2.11. The zero-order valence-corrected chi connectivity index (χ0v) is 10.5. The molecule has 92 valence electrons. The first-order chi connectivity index (χ1) is 7.63. The molecular formula is C11H20ClN3O. The molecule has 0 spiro atoms. The standard InChI is InChI=1S/C11H20ClN3O/c1-9(6-12)7-15(8-11(13)16)10-2-4-14-5-3-10/h6,10,14H,2-5,7-8H2,1H3,(H2,13,16). The van der Waals surface area contributed by atoms with E-state index in [1.54, 1.807) is 5.54 Å². The molecular weight excluding hydrogens is 226 g/mol. The third-order valence-electron chi connectivity index (χ3n) is 2.82. The third kappa shape index (κ3) is 4.51. The van der Waals surface area contributed by atoms with Crippen molar-refractivity contribution in [3.05, 3.63) is 11.1 Å². The fourth-order valence-electron chi connectivity index (χ4n) is 2.04. The first-order valence-electron chi connectivity index (χ1n) is 5.62. The molecule has 0 radical (unpaired) electrons. The monoisotopic (exact) mass is 245 g/mol. The van der Waals surface area contributed by atoms with Gasteiger partial charge in [0.2, 0.25) is 5.91 Å². The first-order valence-corrected chi connectivity index (χ1v) is 6.06. The topological polar surface area (TPSA) is 58.4 Å². The predicted molar refractivity (Wildman–Crippen MR) is 66.3 cm³/mol. The number of nitrogens with zero attached hydrogens (tertiary/aromatic N) is 1. The molecule has 1 saturated heterocycles. The summed E-state index contributed by atoms with van der Waals surface area (Å²) in [6.07, 6.45) is 2.12. The summed E-state index contributed by atoms with van der Waals surface area (Å²) in [6, 6.07) is 0.431. The van der Waals surface area contributed by atoms with Gasteiger partial charge in [-0.2, -0.15) is 0 Å². The zero-order valence-electron chi connectivity index (χ0n) is 9.71. The second-order valence-corrected chi connectivity index (χ2v) is 4.53. The van der Waals surface area contributed by atoms with E-state index >= 15 is 0 Å². The molecule has 0 aliphatic carbocycles. The average Bonchev–Trinajstić information content (AvgIpc) is 2.28. The largest absolute Gasteiger partial charge is 0.369 e. The number of nitrogens with two attached hydrogens (primary N) is 1. The van der Waals surface area contributed by atoms with Gasteiger partial charge in [0.1, 0.15) is 0 Å². The number of hydrogen-bond acceptors (Lipinski definition) is 3. The van der Waals surface area contributed by atoms with Crippen LogP contribution in [0.4, 0.5) is 0 Å². The van der Waals surface area contributed by atoms with Crippen LogP contribution in [0.25, 0.3) is 0 Å². The lowest BCUT2D eigenvalue weighted by Crippen LogP contribution is -2.47. The van der Waals surface area contributed by atoms with E-state index in [0.717, 1.165) is 38.0 Å². The number of carbonyl (C=O) groups excluding carboxylic acids is 1. The molecule has 5 heteroatoms. The number of hydrogen-bond donors (Lipinski definition) is 2. The Morgan fingerprint density at radius 3 is 2.62 bits per heavy atom. The van der Waals surface area contributed by atoms with Crippen LogP contribution in [0.5, 0.6) is 0 Å². The molecule has 0 aromatic heterocycles. The number of halogens is 1. The van der Waals surface area contributed by atoms with Crippen LogP contribution in [0, 0.1) is 0 Å². The Labute approximate surface area is 102 Å². The van der Waals surface area contributed by atoms with Gasteiger partial charge in [-0.05, 0) is 38.4 Å². The molecule has 1 amide bonds. The molecule has 0 atom stereocenters. The van der Waals surface area contributed by atoms with Crippen LogP contribution in [0.3, 0.4) is 0 Å². The normalized spacial score (nSPS) is 19.1. The van der Waals surface area contributed by atoms with Gasteiger partial charge in [-0.1, -0.05) is 11.6 Å². The second-order valence-electron chi connectivity index (χ2n) is 4.31. The highest BCUT2D eigenvalue weighted by atomic mass is 35.5. The summed E-state index contributed by atoms with van der Waals surface area (Å²) in [5, 5.41) is 3.31. The Bertz CT molecular complexity index is 262. The third-order valence-corrected chi connectivity index (χ3v) is 3.20. The summed E-state index contributed by atoms with van der Waals surface area (Å²) in [5.74, 6) is -0.277. The highest BCUT2D eigenvalue weighted by Gasteiger charge is 2.22. The van der Waals surface area contributed by atoms with Crippen molar-refractivity contribution in [3.63, 3.8) is 0 Å². The summed E-state index contributed by atoms with van der Waals surface area (Å²) >= 11 is 5.65. The number of primary amides is 1. The van der Waals surface area contributed by atoms with Crippen LogP contribution < -0.4 is 11.1 Å². The van der Waals surface area contributed by atoms with Crippen molar-refractivity contribution in [1.29, 1.82) is 0 Å². The summed E-state index contributed by atoms with van der Waals surface area (Å²) in [5.41, 5.74) is 7.89. The van der Waals surface area contributed by atoms with E-state index < -0.39 is 0 Å². The van der Waals surface area contributed by atoms with Crippen molar-refractivity contribution < 1.29 is 4.79 Å². The Kier molecular flexibility index (Phi) is 5.80. The zero-order chi connectivity index (χ0) is 12.0. The highest BCUT2D eigenvalue weighted by molar-refractivity contribution is 6.25.